The van der Waals surface area contributed by atoms with Gasteiger partial charge in [0.05, 0.1) is 43.2 Å². The Bertz CT molecular complexity index is 1340. The van der Waals surface area contributed by atoms with E-state index < -0.39 is 72.2 Å². The fraction of sp³-hybridized carbons (Fsp3) is 0.929. The standard InChI is InChI=1S/C42H70O11/c1-23(10-9-16-38(2,3)49)25-15-17-40(6)32-13-11-26-27(42(32,8)33(47)20-41(25,40)7)12-14-34(39(26,4)5)53-37-35(48)29(45)18-24(51-37)22-50-36-30(46)19-28(44)31(21-43)52-36/h11,23-25,27-32,34-37,43-46,48-49H,9-10,12-22H2,1-8H3/t23-,24+,25?,27?,28+,29+,30-,31-,32?,34+,35-,36-,37+,40+,41-,42+/m1/s1. The van der Waals surface area contributed by atoms with Gasteiger partial charge in [-0.2, -0.15) is 0 Å². The van der Waals surface area contributed by atoms with E-state index in [1.165, 1.54) is 5.57 Å². The molecule has 0 spiro atoms. The van der Waals surface area contributed by atoms with Gasteiger partial charge in [-0.1, -0.05) is 66.0 Å². The number of rotatable bonds is 11. The Kier molecular flexibility index (Phi) is 11.8. The minimum atomic E-state index is -1.27. The molecule has 2 saturated heterocycles. The van der Waals surface area contributed by atoms with Crippen molar-refractivity contribution in [3.05, 3.63) is 11.6 Å². The molecular weight excluding hydrogens is 680 g/mol. The minimum Gasteiger partial charge on any atom is -0.394 e. The van der Waals surface area contributed by atoms with E-state index in [1.807, 2.05) is 13.8 Å². The average Bonchev–Trinajstić information content (AvgIpc) is 3.33. The summed E-state index contributed by atoms with van der Waals surface area (Å²) in [4.78, 5) is 14.7. The highest BCUT2D eigenvalue weighted by Gasteiger charge is 2.70. The maximum Gasteiger partial charge on any atom is 0.186 e. The van der Waals surface area contributed by atoms with Crippen LogP contribution in [0.2, 0.25) is 0 Å². The predicted octanol–water partition coefficient (Wildman–Crippen LogP) is 4.42. The largest absolute Gasteiger partial charge is 0.394 e. The predicted molar refractivity (Wildman–Crippen MR) is 197 cm³/mol. The van der Waals surface area contributed by atoms with Crippen molar-refractivity contribution >= 4 is 5.78 Å². The van der Waals surface area contributed by atoms with Gasteiger partial charge in [0.25, 0.3) is 0 Å². The van der Waals surface area contributed by atoms with Gasteiger partial charge in [-0.25, -0.2) is 0 Å². The van der Waals surface area contributed by atoms with Gasteiger partial charge in [0.2, 0.25) is 0 Å². The number of allylic oxidation sites excluding steroid dienone is 1. The lowest BCUT2D eigenvalue weighted by molar-refractivity contribution is -0.314. The zero-order chi connectivity index (χ0) is 38.9. The second kappa shape index (κ2) is 15.1. The van der Waals surface area contributed by atoms with E-state index in [1.54, 1.807) is 0 Å². The molecule has 11 nitrogen and oxygen atoms in total. The average molecular weight is 751 g/mol. The Balaban J connectivity index is 1.14. The second-order valence-electron chi connectivity index (χ2n) is 19.8. The molecule has 4 aliphatic carbocycles. The van der Waals surface area contributed by atoms with Crippen molar-refractivity contribution in [3.8, 4) is 0 Å². The van der Waals surface area contributed by atoms with Crippen molar-refractivity contribution in [1.82, 2.24) is 0 Å². The van der Waals surface area contributed by atoms with Gasteiger partial charge in [-0.05, 0) is 86.9 Å². The maximum atomic E-state index is 14.7. The molecule has 0 amide bonds. The molecule has 6 N–H and O–H groups in total. The molecular formula is C42H70O11. The summed E-state index contributed by atoms with van der Waals surface area (Å²) >= 11 is 0. The van der Waals surface area contributed by atoms with Crippen LogP contribution in [0.25, 0.3) is 0 Å². The molecule has 2 heterocycles. The Morgan fingerprint density at radius 2 is 1.66 bits per heavy atom. The first-order chi connectivity index (χ1) is 24.7. The number of aliphatic hydroxyl groups is 6. The third-order valence-corrected chi connectivity index (χ3v) is 15.8. The van der Waals surface area contributed by atoms with Gasteiger partial charge < -0.3 is 49.6 Å². The summed E-state index contributed by atoms with van der Waals surface area (Å²) in [5.41, 5.74) is -0.370. The Labute approximate surface area is 316 Å². The Morgan fingerprint density at radius 3 is 2.34 bits per heavy atom. The van der Waals surface area contributed by atoms with Crippen LogP contribution in [0.15, 0.2) is 11.6 Å². The third kappa shape index (κ3) is 7.36. The van der Waals surface area contributed by atoms with E-state index in [2.05, 4.69) is 47.6 Å². The van der Waals surface area contributed by atoms with E-state index in [9.17, 15) is 35.4 Å². The van der Waals surface area contributed by atoms with Crippen molar-refractivity contribution in [2.75, 3.05) is 13.2 Å². The normalized spacial score (nSPS) is 47.7. The van der Waals surface area contributed by atoms with Gasteiger partial charge in [-0.15, -0.1) is 0 Å². The highest BCUT2D eigenvalue weighted by atomic mass is 16.7. The number of carbonyl (C=O) groups is 1. The van der Waals surface area contributed by atoms with Crippen LogP contribution >= 0.6 is 0 Å². The fourth-order valence-electron chi connectivity index (χ4n) is 12.3. The summed E-state index contributed by atoms with van der Waals surface area (Å²) in [5.74, 6) is 1.71. The summed E-state index contributed by atoms with van der Waals surface area (Å²) in [7, 11) is 0. The summed E-state index contributed by atoms with van der Waals surface area (Å²) in [6.45, 7) is 17.1. The minimum absolute atomic E-state index is 0.00335. The molecule has 53 heavy (non-hydrogen) atoms. The van der Waals surface area contributed by atoms with Crippen molar-refractivity contribution in [2.24, 2.45) is 45.3 Å². The number of carbonyl (C=O) groups excluding carboxylic acids is 1. The smallest absolute Gasteiger partial charge is 0.186 e. The van der Waals surface area contributed by atoms with E-state index in [-0.39, 0.29) is 48.2 Å². The molecule has 5 fully saturated rings. The molecule has 3 saturated carbocycles. The van der Waals surface area contributed by atoms with Crippen LogP contribution < -0.4 is 0 Å². The molecule has 11 heteroatoms. The van der Waals surface area contributed by atoms with Crippen LogP contribution in [-0.4, -0.2) is 111 Å². The van der Waals surface area contributed by atoms with Crippen LogP contribution in [0, 0.1) is 45.3 Å². The van der Waals surface area contributed by atoms with E-state index in [4.69, 9.17) is 18.9 Å². The quantitative estimate of drug-likeness (QED) is 0.165. The van der Waals surface area contributed by atoms with Crippen molar-refractivity contribution < 1.29 is 54.4 Å². The number of hydrogen-bond donors (Lipinski definition) is 6. The van der Waals surface area contributed by atoms with Gasteiger partial charge in [0.15, 0.2) is 12.6 Å². The van der Waals surface area contributed by atoms with Crippen LogP contribution in [0.1, 0.15) is 126 Å². The zero-order valence-corrected chi connectivity index (χ0v) is 33.5. The van der Waals surface area contributed by atoms with Gasteiger partial charge in [0.1, 0.15) is 24.1 Å². The zero-order valence-electron chi connectivity index (χ0n) is 33.5. The highest BCUT2D eigenvalue weighted by molar-refractivity contribution is 5.88. The van der Waals surface area contributed by atoms with Crippen LogP contribution in [0.3, 0.4) is 0 Å². The molecule has 6 rings (SSSR count). The highest BCUT2D eigenvalue weighted by Crippen LogP contribution is 2.74. The Hall–Kier alpha value is -0.990. The van der Waals surface area contributed by atoms with E-state index in [0.29, 0.717) is 30.5 Å². The first-order valence-electron chi connectivity index (χ1n) is 20.5. The van der Waals surface area contributed by atoms with Crippen molar-refractivity contribution in [1.29, 1.82) is 0 Å². The molecule has 3 unspecified atom stereocenters. The van der Waals surface area contributed by atoms with Crippen molar-refractivity contribution in [2.45, 2.75) is 187 Å². The number of Topliss-reactive ketones (excluding diaryl/α,β-unsaturated/α-hetero) is 1. The molecule has 0 radical (unpaired) electrons. The molecule has 0 aromatic heterocycles. The van der Waals surface area contributed by atoms with Gasteiger partial charge in [-0.3, -0.25) is 4.79 Å². The number of fused-ring (bicyclic) bond motifs is 5. The summed E-state index contributed by atoms with van der Waals surface area (Å²) in [6.07, 6.45) is 1.99. The van der Waals surface area contributed by atoms with Crippen LogP contribution in [0.5, 0.6) is 0 Å². The lowest BCUT2D eigenvalue weighted by atomic mass is 9.38. The fourth-order valence-corrected chi connectivity index (χ4v) is 12.3. The van der Waals surface area contributed by atoms with Crippen LogP contribution in [-0.2, 0) is 23.7 Å². The summed E-state index contributed by atoms with van der Waals surface area (Å²) < 4.78 is 24.1. The summed E-state index contributed by atoms with van der Waals surface area (Å²) in [5, 5.41) is 62.1. The number of aliphatic hydroxyl groups excluding tert-OH is 5. The molecule has 0 aromatic carbocycles. The molecule has 0 aromatic rings. The Morgan fingerprint density at radius 1 is 0.943 bits per heavy atom. The molecule has 16 atom stereocenters. The molecule has 0 bridgehead atoms. The first kappa shape index (κ1) is 41.6. The number of hydrogen-bond acceptors (Lipinski definition) is 11. The first-order valence-corrected chi connectivity index (χ1v) is 20.5. The second-order valence-corrected chi connectivity index (χ2v) is 19.8. The van der Waals surface area contributed by atoms with E-state index >= 15 is 0 Å². The van der Waals surface area contributed by atoms with Gasteiger partial charge >= 0.3 is 0 Å². The lowest BCUT2D eigenvalue weighted by Crippen LogP contribution is -2.63. The SMILES string of the molecule is C[C@H](CCCC(C)(C)O)C1CC[C@@]2(C)C3CC=C4C(CC[C@H](O[C@@H]5O[C@H](CO[C@@H]6O[C@H](CO)[C@@H](O)C[C@H]6O)C[C@H](O)[C@H]5O)C4(C)C)[C@]3(C)C(=O)C[C@]12C. The molecule has 2 aliphatic heterocycles. The van der Waals surface area contributed by atoms with Gasteiger partial charge in [0, 0.05) is 30.1 Å². The maximum absolute atomic E-state index is 14.7. The van der Waals surface area contributed by atoms with Crippen LogP contribution in [0.4, 0.5) is 0 Å². The lowest BCUT2D eigenvalue weighted by Gasteiger charge is -2.65. The summed E-state index contributed by atoms with van der Waals surface area (Å²) in [6, 6.07) is 0. The number of ketones is 1. The monoisotopic (exact) mass is 750 g/mol. The molecule has 304 valence electrons. The number of ether oxygens (including phenoxy) is 4. The molecule has 6 aliphatic rings. The van der Waals surface area contributed by atoms with E-state index in [0.717, 1.165) is 44.9 Å². The topological polar surface area (TPSA) is 175 Å². The third-order valence-electron chi connectivity index (χ3n) is 15.8. The van der Waals surface area contributed by atoms with Crippen molar-refractivity contribution in [3.63, 3.8) is 0 Å².